The molecule has 4 nitrogen and oxygen atoms in total. The van der Waals surface area contributed by atoms with Crippen LogP contribution in [0.1, 0.15) is 5.56 Å². The van der Waals surface area contributed by atoms with E-state index in [-0.39, 0.29) is 5.82 Å². The van der Waals surface area contributed by atoms with Crippen molar-refractivity contribution in [1.82, 2.24) is 9.97 Å². The molecule has 6 heteroatoms. The van der Waals surface area contributed by atoms with E-state index in [1.807, 2.05) is 24.3 Å². The number of methoxy groups -OCH3 is 1. The Kier molecular flexibility index (Phi) is 4.91. The van der Waals surface area contributed by atoms with Crippen molar-refractivity contribution in [3.63, 3.8) is 0 Å². The first-order chi connectivity index (χ1) is 11.7. The molecule has 0 aliphatic carbocycles. The number of rotatable bonds is 5. The Morgan fingerprint density at radius 2 is 1.83 bits per heavy atom. The van der Waals surface area contributed by atoms with Crippen molar-refractivity contribution in [2.75, 3.05) is 12.4 Å². The maximum Gasteiger partial charge on any atom is 0.163 e. The summed E-state index contributed by atoms with van der Waals surface area (Å²) in [5.74, 6) is 1.50. The molecule has 0 unspecified atom stereocenters. The summed E-state index contributed by atoms with van der Waals surface area (Å²) in [5, 5.41) is 3.52. The number of hydrogen-bond donors (Lipinski definition) is 1. The van der Waals surface area contributed by atoms with E-state index in [0.717, 1.165) is 11.3 Å². The van der Waals surface area contributed by atoms with Gasteiger partial charge >= 0.3 is 0 Å². The lowest BCUT2D eigenvalue weighted by atomic mass is 10.2. The van der Waals surface area contributed by atoms with Crippen LogP contribution in [0.2, 0.25) is 5.15 Å². The molecule has 3 aromatic rings. The van der Waals surface area contributed by atoms with Gasteiger partial charge in [-0.1, -0.05) is 29.8 Å². The number of ether oxygens (including phenoxy) is 1. The van der Waals surface area contributed by atoms with Gasteiger partial charge in [0.2, 0.25) is 0 Å². The lowest BCUT2D eigenvalue weighted by Crippen LogP contribution is -2.04. The van der Waals surface area contributed by atoms with Gasteiger partial charge < -0.3 is 10.1 Å². The molecule has 0 saturated heterocycles. The van der Waals surface area contributed by atoms with Gasteiger partial charge in [0.25, 0.3) is 0 Å². The number of nitrogens with zero attached hydrogens (tertiary/aromatic N) is 2. The van der Waals surface area contributed by atoms with E-state index < -0.39 is 0 Å². The largest absolute Gasteiger partial charge is 0.496 e. The fourth-order valence-electron chi connectivity index (χ4n) is 2.27. The number of benzene rings is 2. The highest BCUT2D eigenvalue weighted by Gasteiger charge is 2.07. The van der Waals surface area contributed by atoms with Crippen molar-refractivity contribution in [2.45, 2.75) is 6.54 Å². The van der Waals surface area contributed by atoms with Gasteiger partial charge in [0.05, 0.1) is 7.11 Å². The lowest BCUT2D eigenvalue weighted by molar-refractivity contribution is 0.410. The molecule has 2 aromatic carbocycles. The molecule has 122 valence electrons. The van der Waals surface area contributed by atoms with Crippen LogP contribution in [0.25, 0.3) is 11.4 Å². The zero-order chi connectivity index (χ0) is 16.9. The number of nitrogens with one attached hydrogen (secondary N) is 1. The van der Waals surface area contributed by atoms with Crippen LogP contribution in [0.15, 0.2) is 54.6 Å². The monoisotopic (exact) mass is 343 g/mol. The smallest absolute Gasteiger partial charge is 0.163 e. The molecule has 3 rings (SSSR count). The van der Waals surface area contributed by atoms with Crippen LogP contribution >= 0.6 is 11.6 Å². The second-order valence-corrected chi connectivity index (χ2v) is 5.46. The van der Waals surface area contributed by atoms with Crippen molar-refractivity contribution in [3.05, 3.63) is 71.1 Å². The van der Waals surface area contributed by atoms with Gasteiger partial charge in [-0.2, -0.15) is 0 Å². The summed E-state index contributed by atoms with van der Waals surface area (Å²) < 4.78 is 18.4. The van der Waals surface area contributed by atoms with Crippen LogP contribution in [0.3, 0.4) is 0 Å². The number of halogens is 2. The fraction of sp³-hybridized carbons (Fsp3) is 0.111. The van der Waals surface area contributed by atoms with Gasteiger partial charge in [-0.05, 0) is 30.3 Å². The maximum absolute atomic E-state index is 13.0. The van der Waals surface area contributed by atoms with Gasteiger partial charge in [0, 0.05) is 23.7 Å². The topological polar surface area (TPSA) is 47.0 Å². The van der Waals surface area contributed by atoms with E-state index in [9.17, 15) is 4.39 Å². The minimum atomic E-state index is -0.310. The number of para-hydroxylation sites is 1. The Labute approximate surface area is 144 Å². The van der Waals surface area contributed by atoms with Gasteiger partial charge in [0.1, 0.15) is 22.5 Å². The summed E-state index contributed by atoms with van der Waals surface area (Å²) in [6.07, 6.45) is 0. The van der Waals surface area contributed by atoms with Gasteiger partial charge in [-0.15, -0.1) is 0 Å². The molecule has 0 spiro atoms. The number of anilines is 1. The fourth-order valence-corrected chi connectivity index (χ4v) is 2.45. The van der Waals surface area contributed by atoms with Crippen molar-refractivity contribution in [3.8, 4) is 17.1 Å². The standard InChI is InChI=1S/C18H15ClFN3O/c1-24-15-5-3-2-4-13(15)11-21-17-10-16(19)22-18(23-17)12-6-8-14(20)9-7-12/h2-10H,11H2,1H3,(H,21,22,23). The van der Waals surface area contributed by atoms with Crippen LogP contribution < -0.4 is 10.1 Å². The predicted octanol–water partition coefficient (Wildman–Crippen LogP) is 4.56. The van der Waals surface area contributed by atoms with E-state index >= 15 is 0 Å². The van der Waals surface area contributed by atoms with Gasteiger partial charge in [-0.3, -0.25) is 0 Å². The molecular weight excluding hydrogens is 329 g/mol. The Hall–Kier alpha value is -2.66. The molecule has 0 fully saturated rings. The Morgan fingerprint density at radius 1 is 1.08 bits per heavy atom. The third-order valence-electron chi connectivity index (χ3n) is 3.45. The van der Waals surface area contributed by atoms with Crippen LogP contribution in [-0.4, -0.2) is 17.1 Å². The molecule has 0 aliphatic rings. The predicted molar refractivity (Wildman–Crippen MR) is 92.8 cm³/mol. The first-order valence-corrected chi connectivity index (χ1v) is 7.70. The van der Waals surface area contributed by atoms with E-state index in [1.54, 1.807) is 25.3 Å². The third-order valence-corrected chi connectivity index (χ3v) is 3.64. The second-order valence-electron chi connectivity index (χ2n) is 5.07. The number of hydrogen-bond acceptors (Lipinski definition) is 4. The van der Waals surface area contributed by atoms with Crippen molar-refractivity contribution >= 4 is 17.4 Å². The second kappa shape index (κ2) is 7.27. The molecule has 1 heterocycles. The Morgan fingerprint density at radius 3 is 2.58 bits per heavy atom. The molecule has 0 aliphatic heterocycles. The van der Waals surface area contributed by atoms with E-state index in [4.69, 9.17) is 16.3 Å². The summed E-state index contributed by atoms with van der Waals surface area (Å²) >= 11 is 6.08. The van der Waals surface area contributed by atoms with Crippen LogP contribution in [0.5, 0.6) is 5.75 Å². The summed E-state index contributed by atoms with van der Waals surface area (Å²) in [6, 6.07) is 15.3. The molecule has 0 saturated carbocycles. The summed E-state index contributed by atoms with van der Waals surface area (Å²) in [6.45, 7) is 0.528. The average Bonchev–Trinajstić information content (AvgIpc) is 2.60. The summed E-state index contributed by atoms with van der Waals surface area (Å²) in [7, 11) is 1.63. The summed E-state index contributed by atoms with van der Waals surface area (Å²) in [4.78, 5) is 8.62. The molecule has 1 aromatic heterocycles. The molecule has 24 heavy (non-hydrogen) atoms. The van der Waals surface area contributed by atoms with E-state index in [2.05, 4.69) is 15.3 Å². The molecule has 0 amide bonds. The Bertz CT molecular complexity index is 840. The van der Waals surface area contributed by atoms with Crippen molar-refractivity contribution in [2.24, 2.45) is 0 Å². The molecule has 0 atom stereocenters. The zero-order valence-electron chi connectivity index (χ0n) is 13.0. The molecule has 1 N–H and O–H groups in total. The first kappa shape index (κ1) is 16.2. The van der Waals surface area contributed by atoms with Crippen LogP contribution in [0, 0.1) is 5.82 Å². The van der Waals surface area contributed by atoms with Crippen molar-refractivity contribution in [1.29, 1.82) is 0 Å². The molecule has 0 bridgehead atoms. The van der Waals surface area contributed by atoms with Crippen LogP contribution in [0.4, 0.5) is 10.2 Å². The van der Waals surface area contributed by atoms with Gasteiger partial charge in [-0.25, -0.2) is 14.4 Å². The van der Waals surface area contributed by atoms with E-state index in [1.165, 1.54) is 12.1 Å². The summed E-state index contributed by atoms with van der Waals surface area (Å²) in [5.41, 5.74) is 1.69. The maximum atomic E-state index is 13.0. The molecule has 0 radical (unpaired) electrons. The van der Waals surface area contributed by atoms with Crippen LogP contribution in [-0.2, 0) is 6.54 Å². The zero-order valence-corrected chi connectivity index (χ0v) is 13.7. The normalized spacial score (nSPS) is 10.5. The first-order valence-electron chi connectivity index (χ1n) is 7.32. The number of aromatic nitrogens is 2. The SMILES string of the molecule is COc1ccccc1CNc1cc(Cl)nc(-c2ccc(F)cc2)n1. The van der Waals surface area contributed by atoms with E-state index in [0.29, 0.717) is 28.9 Å². The quantitative estimate of drug-likeness (QED) is 0.690. The third kappa shape index (κ3) is 3.81. The highest BCUT2D eigenvalue weighted by Crippen LogP contribution is 2.22. The minimum Gasteiger partial charge on any atom is -0.496 e. The average molecular weight is 344 g/mol. The highest BCUT2D eigenvalue weighted by molar-refractivity contribution is 6.29. The Balaban J connectivity index is 1.82. The molecular formula is C18H15ClFN3O. The lowest BCUT2D eigenvalue weighted by Gasteiger charge is -2.11. The van der Waals surface area contributed by atoms with Gasteiger partial charge in [0.15, 0.2) is 5.82 Å². The minimum absolute atomic E-state index is 0.310. The van der Waals surface area contributed by atoms with Crippen molar-refractivity contribution < 1.29 is 9.13 Å². The highest BCUT2D eigenvalue weighted by atomic mass is 35.5.